The molecule has 0 bridgehead atoms. The fourth-order valence-corrected chi connectivity index (χ4v) is 3.39. The zero-order chi connectivity index (χ0) is 16.2. The van der Waals surface area contributed by atoms with Crippen molar-refractivity contribution in [2.75, 3.05) is 13.1 Å². The number of nitrogens with one attached hydrogen (secondary N) is 1. The Balaban J connectivity index is 1.49. The fourth-order valence-electron chi connectivity index (χ4n) is 3.39. The highest BCUT2D eigenvalue weighted by Crippen LogP contribution is 2.25. The smallest absolute Gasteiger partial charge is 0.222 e. The number of amides is 1. The molecule has 1 amide bonds. The number of hydrogen-bond acceptors (Lipinski definition) is 3. The number of rotatable bonds is 5. The third-order valence-corrected chi connectivity index (χ3v) is 4.60. The Labute approximate surface area is 136 Å². The van der Waals surface area contributed by atoms with Gasteiger partial charge >= 0.3 is 0 Å². The maximum atomic E-state index is 12.5. The van der Waals surface area contributed by atoms with Gasteiger partial charge in [0.1, 0.15) is 0 Å². The van der Waals surface area contributed by atoms with Crippen LogP contribution in [-0.2, 0) is 11.3 Å². The second-order valence-corrected chi connectivity index (χ2v) is 6.44. The summed E-state index contributed by atoms with van der Waals surface area (Å²) in [6.45, 7) is 6.55. The molecule has 1 aliphatic heterocycles. The first kappa shape index (κ1) is 15.8. The molecule has 6 heteroatoms. The Morgan fingerprint density at radius 1 is 1.43 bits per heavy atom. The molecule has 0 radical (unpaired) electrons. The van der Waals surface area contributed by atoms with Crippen LogP contribution >= 0.6 is 0 Å². The van der Waals surface area contributed by atoms with Gasteiger partial charge in [-0.25, -0.2) is 0 Å². The van der Waals surface area contributed by atoms with Gasteiger partial charge in [-0.1, -0.05) is 0 Å². The molecule has 0 saturated carbocycles. The molecule has 0 aliphatic carbocycles. The molecule has 0 aromatic carbocycles. The van der Waals surface area contributed by atoms with E-state index in [1.54, 1.807) is 6.20 Å². The van der Waals surface area contributed by atoms with Crippen molar-refractivity contribution < 1.29 is 4.79 Å². The minimum Gasteiger partial charge on any atom is -0.342 e. The van der Waals surface area contributed by atoms with Gasteiger partial charge in [0.2, 0.25) is 5.91 Å². The largest absolute Gasteiger partial charge is 0.342 e. The molecule has 23 heavy (non-hydrogen) atoms. The molecule has 3 rings (SSSR count). The molecule has 3 heterocycles. The molecule has 1 N–H and O–H groups in total. The van der Waals surface area contributed by atoms with Gasteiger partial charge in [-0.05, 0) is 45.2 Å². The predicted octanol–water partition coefficient (Wildman–Crippen LogP) is 2.41. The van der Waals surface area contributed by atoms with Crippen LogP contribution < -0.4 is 0 Å². The van der Waals surface area contributed by atoms with Crippen molar-refractivity contribution in [1.29, 1.82) is 0 Å². The second kappa shape index (κ2) is 6.98. The first-order valence-corrected chi connectivity index (χ1v) is 8.41. The number of carbonyl (C=O) groups is 1. The highest BCUT2D eigenvalue weighted by molar-refractivity contribution is 5.76. The third kappa shape index (κ3) is 3.81. The summed E-state index contributed by atoms with van der Waals surface area (Å²) in [7, 11) is 0. The Bertz CT molecular complexity index is 646. The Morgan fingerprint density at radius 3 is 3.00 bits per heavy atom. The monoisotopic (exact) mass is 315 g/mol. The molecule has 124 valence electrons. The first-order valence-electron chi connectivity index (χ1n) is 8.41. The van der Waals surface area contributed by atoms with Crippen molar-refractivity contribution in [2.45, 2.75) is 52.0 Å². The van der Waals surface area contributed by atoms with Crippen LogP contribution in [0.25, 0.3) is 0 Å². The van der Waals surface area contributed by atoms with Gasteiger partial charge in [0, 0.05) is 49.6 Å². The molecule has 6 nitrogen and oxygen atoms in total. The van der Waals surface area contributed by atoms with E-state index in [1.807, 2.05) is 22.6 Å². The third-order valence-electron chi connectivity index (χ3n) is 4.60. The van der Waals surface area contributed by atoms with E-state index in [0.29, 0.717) is 12.3 Å². The summed E-state index contributed by atoms with van der Waals surface area (Å²) in [6, 6.07) is 4.09. The van der Waals surface area contributed by atoms with Crippen molar-refractivity contribution >= 4 is 5.91 Å². The molecular weight excluding hydrogens is 290 g/mol. The number of hydrogen-bond donors (Lipinski definition) is 1. The van der Waals surface area contributed by atoms with Gasteiger partial charge in [-0.15, -0.1) is 0 Å². The fraction of sp³-hybridized carbons (Fsp3) is 0.588. The summed E-state index contributed by atoms with van der Waals surface area (Å²) in [5.74, 6) is 0.655. The standard InChI is InChI=1S/C17H25N5O/c1-13-11-14(2)22(20-13)10-4-6-17(23)21-9-3-5-15(12-21)16-7-8-18-19-16/h7-8,11,15H,3-6,9-10,12H2,1-2H3,(H,18,19)/t15-/m0/s1. The van der Waals surface area contributed by atoms with E-state index in [1.165, 1.54) is 0 Å². The van der Waals surface area contributed by atoms with Crippen molar-refractivity contribution in [2.24, 2.45) is 0 Å². The number of H-pyrrole nitrogens is 1. The highest BCUT2D eigenvalue weighted by atomic mass is 16.2. The number of carbonyl (C=O) groups excluding carboxylic acids is 1. The number of piperidine rings is 1. The Morgan fingerprint density at radius 2 is 2.30 bits per heavy atom. The molecule has 2 aromatic heterocycles. The minimum atomic E-state index is 0.260. The van der Waals surface area contributed by atoms with Crippen molar-refractivity contribution in [3.63, 3.8) is 0 Å². The van der Waals surface area contributed by atoms with Crippen molar-refractivity contribution in [3.8, 4) is 0 Å². The molecule has 1 fully saturated rings. The van der Waals surface area contributed by atoms with Crippen LogP contribution in [0, 0.1) is 13.8 Å². The summed E-state index contributed by atoms with van der Waals surface area (Å²) >= 11 is 0. The molecular formula is C17H25N5O. The summed E-state index contributed by atoms with van der Waals surface area (Å²) in [6.07, 6.45) is 5.40. The van der Waals surface area contributed by atoms with Crippen LogP contribution in [-0.4, -0.2) is 43.9 Å². The second-order valence-electron chi connectivity index (χ2n) is 6.44. The quantitative estimate of drug-likeness (QED) is 0.921. The maximum absolute atomic E-state index is 12.5. The normalized spacial score (nSPS) is 18.3. The number of aryl methyl sites for hydroxylation is 3. The zero-order valence-electron chi connectivity index (χ0n) is 14.0. The SMILES string of the molecule is Cc1cc(C)n(CCCC(=O)N2CCC[C@H](c3ccn[nH]3)C2)n1. The average Bonchev–Trinajstić information content (AvgIpc) is 3.17. The van der Waals surface area contributed by atoms with E-state index in [9.17, 15) is 4.79 Å². The highest BCUT2D eigenvalue weighted by Gasteiger charge is 2.25. The van der Waals surface area contributed by atoms with Gasteiger partial charge in [0.15, 0.2) is 0 Å². The van der Waals surface area contributed by atoms with E-state index < -0.39 is 0 Å². The maximum Gasteiger partial charge on any atom is 0.222 e. The number of likely N-dealkylation sites (tertiary alicyclic amines) is 1. The predicted molar refractivity (Wildman–Crippen MR) is 88.1 cm³/mol. The summed E-state index contributed by atoms with van der Waals surface area (Å²) in [5.41, 5.74) is 3.34. The van der Waals surface area contributed by atoms with Crippen LogP contribution in [0.5, 0.6) is 0 Å². The summed E-state index contributed by atoms with van der Waals surface area (Å²) < 4.78 is 1.99. The van der Waals surface area contributed by atoms with E-state index >= 15 is 0 Å². The van der Waals surface area contributed by atoms with E-state index in [-0.39, 0.29) is 5.91 Å². The van der Waals surface area contributed by atoms with Gasteiger partial charge in [0.25, 0.3) is 0 Å². The van der Waals surface area contributed by atoms with Crippen LogP contribution in [0.3, 0.4) is 0 Å². The lowest BCUT2D eigenvalue weighted by atomic mass is 9.94. The van der Waals surface area contributed by atoms with Crippen LogP contribution in [0.15, 0.2) is 18.3 Å². The lowest BCUT2D eigenvalue weighted by Crippen LogP contribution is -2.39. The summed E-state index contributed by atoms with van der Waals surface area (Å²) in [5, 5.41) is 11.5. The Kier molecular flexibility index (Phi) is 4.79. The number of aromatic amines is 1. The number of aromatic nitrogens is 4. The molecule has 2 aromatic rings. The van der Waals surface area contributed by atoms with E-state index in [0.717, 1.165) is 56.0 Å². The molecule has 1 saturated heterocycles. The van der Waals surface area contributed by atoms with Crippen LogP contribution in [0.1, 0.15) is 48.7 Å². The van der Waals surface area contributed by atoms with Crippen molar-refractivity contribution in [1.82, 2.24) is 24.9 Å². The number of nitrogens with zero attached hydrogens (tertiary/aromatic N) is 4. The van der Waals surface area contributed by atoms with Crippen LogP contribution in [0.4, 0.5) is 0 Å². The Hall–Kier alpha value is -2.11. The minimum absolute atomic E-state index is 0.260. The molecule has 0 unspecified atom stereocenters. The lowest BCUT2D eigenvalue weighted by Gasteiger charge is -2.32. The van der Waals surface area contributed by atoms with Crippen molar-refractivity contribution in [3.05, 3.63) is 35.4 Å². The van der Waals surface area contributed by atoms with Gasteiger partial charge in [-0.2, -0.15) is 10.2 Å². The zero-order valence-corrected chi connectivity index (χ0v) is 14.0. The van der Waals surface area contributed by atoms with E-state index in [4.69, 9.17) is 0 Å². The molecule has 1 atom stereocenters. The average molecular weight is 315 g/mol. The van der Waals surface area contributed by atoms with Gasteiger partial charge in [0.05, 0.1) is 5.69 Å². The topological polar surface area (TPSA) is 66.8 Å². The molecule has 0 spiro atoms. The summed E-state index contributed by atoms with van der Waals surface area (Å²) in [4.78, 5) is 14.5. The van der Waals surface area contributed by atoms with Gasteiger partial charge in [-0.3, -0.25) is 14.6 Å². The lowest BCUT2D eigenvalue weighted by molar-refractivity contribution is -0.132. The van der Waals surface area contributed by atoms with Crippen LogP contribution in [0.2, 0.25) is 0 Å². The molecule has 1 aliphatic rings. The first-order chi connectivity index (χ1) is 11.1. The van der Waals surface area contributed by atoms with E-state index in [2.05, 4.69) is 28.3 Å². The van der Waals surface area contributed by atoms with Gasteiger partial charge < -0.3 is 4.90 Å².